The van der Waals surface area contributed by atoms with Crippen molar-refractivity contribution in [2.45, 2.75) is 50.5 Å². The molecule has 1 aromatic rings. The lowest BCUT2D eigenvalue weighted by atomic mass is 9.78. The lowest BCUT2D eigenvalue weighted by Gasteiger charge is -2.49. The predicted octanol–water partition coefficient (Wildman–Crippen LogP) is 3.01. The maximum Gasteiger partial charge on any atom is 0.159 e. The van der Waals surface area contributed by atoms with Crippen molar-refractivity contribution in [1.29, 1.82) is 0 Å². The molecule has 4 rings (SSSR count). The highest BCUT2D eigenvalue weighted by Crippen LogP contribution is 2.42. The molecule has 3 nitrogen and oxygen atoms in total. The number of piperidine rings is 1. The Balaban J connectivity index is 0.00000182. The van der Waals surface area contributed by atoms with Gasteiger partial charge in [0.2, 0.25) is 0 Å². The molecule has 0 atom stereocenters. The summed E-state index contributed by atoms with van der Waals surface area (Å²) >= 11 is 0. The highest BCUT2D eigenvalue weighted by atomic mass is 32.2. The fraction of sp³-hybridized carbons (Fsp3) is 0.684. The molecule has 2 N–H and O–H groups in total. The van der Waals surface area contributed by atoms with Crippen molar-refractivity contribution in [3.63, 3.8) is 0 Å². The van der Waals surface area contributed by atoms with Crippen LogP contribution in [0, 0.1) is 17.0 Å². The van der Waals surface area contributed by atoms with Gasteiger partial charge in [0.15, 0.2) is 11.6 Å². The average molecular weight is 371 g/mol. The highest BCUT2D eigenvalue weighted by molar-refractivity contribution is 7.86. The Morgan fingerprint density at radius 3 is 2.20 bits per heavy atom. The first-order valence-electron chi connectivity index (χ1n) is 9.09. The summed E-state index contributed by atoms with van der Waals surface area (Å²) in [5.41, 5.74) is 1.34. The van der Waals surface area contributed by atoms with Gasteiger partial charge in [0.1, 0.15) is 0 Å². The lowest BCUT2D eigenvalue weighted by molar-refractivity contribution is 0.0711. The Morgan fingerprint density at radius 2 is 1.64 bits per heavy atom. The van der Waals surface area contributed by atoms with Gasteiger partial charge < -0.3 is 10.4 Å². The van der Waals surface area contributed by atoms with Crippen LogP contribution in [0.3, 0.4) is 0 Å². The van der Waals surface area contributed by atoms with Gasteiger partial charge in [-0.05, 0) is 80.6 Å². The van der Waals surface area contributed by atoms with Crippen LogP contribution in [0.5, 0.6) is 0 Å². The molecule has 140 valence electrons. The van der Waals surface area contributed by atoms with Gasteiger partial charge in [-0.1, -0.05) is 6.07 Å². The SMILES string of the molecule is O.O=S1CC2(CCN(C3CCC(c4ccc(F)c(F)c4)CC3)CC2)C1. The van der Waals surface area contributed by atoms with Crippen molar-refractivity contribution in [3.05, 3.63) is 35.4 Å². The van der Waals surface area contributed by atoms with Gasteiger partial charge in [-0.3, -0.25) is 4.21 Å². The summed E-state index contributed by atoms with van der Waals surface area (Å²) in [5, 5.41) is 0. The summed E-state index contributed by atoms with van der Waals surface area (Å²) in [7, 11) is -0.550. The fourth-order valence-electron chi connectivity index (χ4n) is 4.83. The largest absolute Gasteiger partial charge is 0.412 e. The second-order valence-electron chi connectivity index (χ2n) is 7.94. The Bertz CT molecular complexity index is 628. The van der Waals surface area contributed by atoms with E-state index in [1.54, 1.807) is 6.07 Å². The molecule has 3 fully saturated rings. The number of hydrogen-bond donors (Lipinski definition) is 0. The molecule has 25 heavy (non-hydrogen) atoms. The van der Waals surface area contributed by atoms with Gasteiger partial charge in [-0.2, -0.15) is 0 Å². The van der Waals surface area contributed by atoms with E-state index in [1.165, 1.54) is 25.0 Å². The zero-order chi connectivity index (χ0) is 16.7. The number of halogens is 2. The summed E-state index contributed by atoms with van der Waals surface area (Å²) in [4.78, 5) is 2.62. The summed E-state index contributed by atoms with van der Waals surface area (Å²) in [5.74, 6) is 0.718. The molecular weight excluding hydrogens is 344 g/mol. The first-order valence-corrected chi connectivity index (χ1v) is 10.6. The monoisotopic (exact) mass is 371 g/mol. The van der Waals surface area contributed by atoms with Crippen LogP contribution in [-0.4, -0.2) is 45.2 Å². The van der Waals surface area contributed by atoms with Crippen molar-refractivity contribution < 1.29 is 18.5 Å². The molecule has 1 aliphatic carbocycles. The van der Waals surface area contributed by atoms with E-state index in [4.69, 9.17) is 0 Å². The molecule has 1 saturated carbocycles. The molecule has 2 saturated heterocycles. The van der Waals surface area contributed by atoms with Gasteiger partial charge in [0.25, 0.3) is 0 Å². The Kier molecular flexibility index (Phi) is 5.61. The quantitative estimate of drug-likeness (QED) is 0.802. The van der Waals surface area contributed by atoms with Crippen LogP contribution in [0.4, 0.5) is 8.78 Å². The predicted molar refractivity (Wildman–Crippen MR) is 96.1 cm³/mol. The minimum Gasteiger partial charge on any atom is -0.412 e. The molecule has 3 aliphatic rings. The highest BCUT2D eigenvalue weighted by Gasteiger charge is 2.45. The zero-order valence-corrected chi connectivity index (χ0v) is 15.3. The summed E-state index contributed by atoms with van der Waals surface area (Å²) < 4.78 is 37.9. The van der Waals surface area contributed by atoms with E-state index in [1.807, 2.05) is 0 Å². The van der Waals surface area contributed by atoms with Crippen LogP contribution in [0.15, 0.2) is 18.2 Å². The minimum absolute atomic E-state index is 0. The molecule has 2 heterocycles. The molecule has 0 bridgehead atoms. The van der Waals surface area contributed by atoms with Crippen molar-refractivity contribution in [2.75, 3.05) is 24.6 Å². The molecule has 0 amide bonds. The van der Waals surface area contributed by atoms with Crippen molar-refractivity contribution in [1.82, 2.24) is 4.90 Å². The van der Waals surface area contributed by atoms with Crippen LogP contribution in [0.2, 0.25) is 0 Å². The van der Waals surface area contributed by atoms with Gasteiger partial charge in [-0.25, -0.2) is 8.78 Å². The third-order valence-electron chi connectivity index (χ3n) is 6.42. The number of rotatable bonds is 2. The number of likely N-dealkylation sites (tertiary alicyclic amines) is 1. The molecular formula is C19H27F2NO2S. The Hall–Kier alpha value is -0.850. The van der Waals surface area contributed by atoms with Gasteiger partial charge in [0, 0.05) is 28.3 Å². The van der Waals surface area contributed by atoms with E-state index in [9.17, 15) is 13.0 Å². The van der Waals surface area contributed by atoms with E-state index in [0.717, 1.165) is 55.8 Å². The van der Waals surface area contributed by atoms with Gasteiger partial charge in [-0.15, -0.1) is 0 Å². The molecule has 2 aliphatic heterocycles. The van der Waals surface area contributed by atoms with Crippen LogP contribution < -0.4 is 0 Å². The van der Waals surface area contributed by atoms with E-state index >= 15 is 0 Å². The van der Waals surface area contributed by atoms with Gasteiger partial charge >= 0.3 is 0 Å². The number of hydrogen-bond acceptors (Lipinski definition) is 2. The summed E-state index contributed by atoms with van der Waals surface area (Å²) in [6, 6.07) is 5.00. The molecule has 1 spiro atoms. The van der Waals surface area contributed by atoms with E-state index in [-0.39, 0.29) is 5.48 Å². The molecule has 0 unspecified atom stereocenters. The van der Waals surface area contributed by atoms with E-state index < -0.39 is 22.4 Å². The summed E-state index contributed by atoms with van der Waals surface area (Å²) in [6.07, 6.45) is 6.79. The molecule has 6 heteroatoms. The van der Waals surface area contributed by atoms with Crippen molar-refractivity contribution in [2.24, 2.45) is 5.41 Å². The topological polar surface area (TPSA) is 51.8 Å². The maximum atomic E-state index is 13.4. The first kappa shape index (κ1) is 18.9. The second kappa shape index (κ2) is 7.41. The Labute approximate surface area is 150 Å². The standard InChI is InChI=1S/C19H25F2NOS.H2O/c20-17-6-3-15(11-18(17)21)14-1-4-16(5-2-14)22-9-7-19(8-10-22)12-24(23)13-19;/h3,6,11,14,16H,1-2,4-5,7-10,12-13H2;1H2. The van der Waals surface area contributed by atoms with E-state index in [0.29, 0.717) is 17.4 Å². The number of nitrogens with zero attached hydrogens (tertiary/aromatic N) is 1. The van der Waals surface area contributed by atoms with Crippen molar-refractivity contribution >= 4 is 10.8 Å². The zero-order valence-electron chi connectivity index (χ0n) is 14.5. The number of benzene rings is 1. The van der Waals surface area contributed by atoms with Crippen molar-refractivity contribution in [3.8, 4) is 0 Å². The van der Waals surface area contributed by atoms with Gasteiger partial charge in [0.05, 0.1) is 0 Å². The third-order valence-corrected chi connectivity index (χ3v) is 8.29. The molecule has 0 aromatic heterocycles. The minimum atomic E-state index is -0.758. The third kappa shape index (κ3) is 3.81. The smallest absolute Gasteiger partial charge is 0.159 e. The second-order valence-corrected chi connectivity index (χ2v) is 9.40. The van der Waals surface area contributed by atoms with Crippen LogP contribution in [-0.2, 0) is 10.8 Å². The summed E-state index contributed by atoms with van der Waals surface area (Å²) in [6.45, 7) is 2.27. The molecule has 0 radical (unpaired) electrons. The normalized spacial score (nSPS) is 29.8. The van der Waals surface area contributed by atoms with Crippen LogP contribution in [0.25, 0.3) is 0 Å². The van der Waals surface area contributed by atoms with E-state index in [2.05, 4.69) is 4.90 Å². The fourth-order valence-corrected chi connectivity index (χ4v) is 6.69. The first-order chi connectivity index (χ1) is 11.5. The maximum absolute atomic E-state index is 13.4. The van der Waals surface area contributed by atoms with Crippen LogP contribution >= 0.6 is 0 Å². The average Bonchev–Trinajstić information content (AvgIpc) is 2.57. The molecule has 1 aromatic carbocycles. The lowest BCUT2D eigenvalue weighted by Crippen LogP contribution is -2.54. The Morgan fingerprint density at radius 1 is 1.00 bits per heavy atom. The van der Waals surface area contributed by atoms with Crippen LogP contribution in [0.1, 0.15) is 50.0 Å².